The van der Waals surface area contributed by atoms with Gasteiger partial charge in [-0.3, -0.25) is 34.2 Å². The third-order valence-corrected chi connectivity index (χ3v) is 3.96. The van der Waals surface area contributed by atoms with Gasteiger partial charge in [0.15, 0.2) is 0 Å². The van der Waals surface area contributed by atoms with E-state index in [1.165, 1.54) is 19.1 Å². The number of ketones is 1. The van der Waals surface area contributed by atoms with E-state index in [2.05, 4.69) is 5.32 Å². The molecule has 7 nitrogen and oxygen atoms in total. The van der Waals surface area contributed by atoms with Gasteiger partial charge in [-0.1, -0.05) is 6.07 Å². The van der Waals surface area contributed by atoms with Crippen molar-refractivity contribution >= 4 is 29.4 Å². The molecule has 2 heterocycles. The van der Waals surface area contributed by atoms with E-state index in [4.69, 9.17) is 0 Å². The van der Waals surface area contributed by atoms with E-state index in [-0.39, 0.29) is 36.2 Å². The van der Waals surface area contributed by atoms with Gasteiger partial charge in [0.05, 0.1) is 11.1 Å². The maximum absolute atomic E-state index is 12.5. The summed E-state index contributed by atoms with van der Waals surface area (Å²) in [5.74, 6) is -2.21. The standard InChI is InChI=1S/C16H14N2O5/c1-8(19)6-9-2-3-10-11(7-9)16(23)18(15(10)22)12-4-5-13(20)17-14(12)21/h2-3,7,12H,4-6H2,1H3,(H,17,20,21). The number of imide groups is 2. The Kier molecular flexibility index (Phi) is 3.55. The molecule has 2 aliphatic rings. The quantitative estimate of drug-likeness (QED) is 0.804. The summed E-state index contributed by atoms with van der Waals surface area (Å²) in [6.07, 6.45) is 0.378. The lowest BCUT2D eigenvalue weighted by Gasteiger charge is -2.27. The molecule has 0 bridgehead atoms. The van der Waals surface area contributed by atoms with Crippen LogP contribution in [0.3, 0.4) is 0 Å². The minimum atomic E-state index is -0.976. The molecule has 2 aliphatic heterocycles. The van der Waals surface area contributed by atoms with Gasteiger partial charge in [0, 0.05) is 12.8 Å². The van der Waals surface area contributed by atoms with Crippen LogP contribution in [0.25, 0.3) is 0 Å². The Hall–Kier alpha value is -2.83. The molecule has 1 atom stereocenters. The van der Waals surface area contributed by atoms with E-state index in [0.29, 0.717) is 5.56 Å². The summed E-state index contributed by atoms with van der Waals surface area (Å²) < 4.78 is 0. The number of nitrogens with zero attached hydrogens (tertiary/aromatic N) is 1. The average molecular weight is 314 g/mol. The fourth-order valence-electron chi connectivity index (χ4n) is 2.92. The zero-order valence-corrected chi connectivity index (χ0v) is 12.4. The van der Waals surface area contributed by atoms with Gasteiger partial charge < -0.3 is 0 Å². The molecule has 23 heavy (non-hydrogen) atoms. The van der Waals surface area contributed by atoms with Crippen molar-refractivity contribution in [3.8, 4) is 0 Å². The summed E-state index contributed by atoms with van der Waals surface area (Å²) in [4.78, 5) is 60.2. The Balaban J connectivity index is 1.92. The van der Waals surface area contributed by atoms with E-state index in [9.17, 15) is 24.0 Å². The van der Waals surface area contributed by atoms with Crippen LogP contribution in [0.4, 0.5) is 0 Å². The number of Topliss-reactive ketones (excluding diaryl/α,β-unsaturated/α-hetero) is 1. The van der Waals surface area contributed by atoms with Gasteiger partial charge >= 0.3 is 0 Å². The molecule has 1 aromatic carbocycles. The van der Waals surface area contributed by atoms with Gasteiger partial charge in [0.2, 0.25) is 11.8 Å². The van der Waals surface area contributed by atoms with E-state index in [0.717, 1.165) is 4.90 Å². The predicted octanol–water partition coefficient (Wildman–Crippen LogP) is 0.219. The van der Waals surface area contributed by atoms with Crippen molar-refractivity contribution in [2.24, 2.45) is 0 Å². The highest BCUT2D eigenvalue weighted by atomic mass is 16.2. The Morgan fingerprint density at radius 3 is 2.52 bits per heavy atom. The van der Waals surface area contributed by atoms with E-state index in [1.54, 1.807) is 6.07 Å². The van der Waals surface area contributed by atoms with Crippen LogP contribution in [-0.2, 0) is 20.8 Å². The minimum Gasteiger partial charge on any atom is -0.300 e. The van der Waals surface area contributed by atoms with Crippen molar-refractivity contribution in [2.45, 2.75) is 32.2 Å². The molecule has 1 fully saturated rings. The summed E-state index contributed by atoms with van der Waals surface area (Å²) in [7, 11) is 0. The van der Waals surface area contributed by atoms with E-state index < -0.39 is 29.7 Å². The van der Waals surface area contributed by atoms with Crippen LogP contribution < -0.4 is 5.32 Å². The van der Waals surface area contributed by atoms with Crippen LogP contribution in [0.15, 0.2) is 18.2 Å². The van der Waals surface area contributed by atoms with Crippen LogP contribution in [0, 0.1) is 0 Å². The van der Waals surface area contributed by atoms with Crippen molar-refractivity contribution in [3.05, 3.63) is 34.9 Å². The Bertz CT molecular complexity index is 768. The molecule has 1 aromatic rings. The number of fused-ring (bicyclic) bond motifs is 1. The number of nitrogens with one attached hydrogen (secondary N) is 1. The zero-order chi connectivity index (χ0) is 16.7. The van der Waals surface area contributed by atoms with Crippen molar-refractivity contribution in [2.75, 3.05) is 0 Å². The van der Waals surface area contributed by atoms with Crippen LogP contribution >= 0.6 is 0 Å². The third-order valence-electron chi connectivity index (χ3n) is 3.96. The first-order valence-electron chi connectivity index (χ1n) is 7.22. The van der Waals surface area contributed by atoms with Crippen LogP contribution in [-0.4, -0.2) is 40.4 Å². The van der Waals surface area contributed by atoms with Crippen LogP contribution in [0.5, 0.6) is 0 Å². The summed E-state index contributed by atoms with van der Waals surface area (Å²) in [5, 5.41) is 2.14. The number of hydrogen-bond acceptors (Lipinski definition) is 5. The van der Waals surface area contributed by atoms with Crippen molar-refractivity contribution in [1.29, 1.82) is 0 Å². The lowest BCUT2D eigenvalue weighted by atomic mass is 10.0. The largest absolute Gasteiger partial charge is 0.300 e. The molecule has 1 N–H and O–H groups in total. The van der Waals surface area contributed by atoms with Gasteiger partial charge in [-0.15, -0.1) is 0 Å². The average Bonchev–Trinajstić information content (AvgIpc) is 2.71. The number of hydrogen-bond donors (Lipinski definition) is 1. The summed E-state index contributed by atoms with van der Waals surface area (Å²) in [6, 6.07) is 3.67. The van der Waals surface area contributed by atoms with Crippen molar-refractivity contribution in [1.82, 2.24) is 10.2 Å². The van der Waals surface area contributed by atoms with Crippen molar-refractivity contribution < 1.29 is 24.0 Å². The lowest BCUT2D eigenvalue weighted by Crippen LogP contribution is -2.54. The Morgan fingerprint density at radius 1 is 1.17 bits per heavy atom. The molecule has 0 radical (unpaired) electrons. The normalized spacial score (nSPS) is 20.6. The molecular formula is C16H14N2O5. The molecule has 0 spiro atoms. The smallest absolute Gasteiger partial charge is 0.262 e. The second-order valence-electron chi connectivity index (χ2n) is 5.71. The molecule has 1 saturated heterocycles. The third kappa shape index (κ3) is 2.54. The van der Waals surface area contributed by atoms with Gasteiger partial charge in [-0.2, -0.15) is 0 Å². The number of amides is 4. The molecule has 0 aliphatic carbocycles. The van der Waals surface area contributed by atoms with Gasteiger partial charge in [-0.05, 0) is 31.0 Å². The van der Waals surface area contributed by atoms with Gasteiger partial charge in [0.25, 0.3) is 11.8 Å². The highest BCUT2D eigenvalue weighted by Gasteiger charge is 2.44. The molecule has 7 heteroatoms. The molecule has 0 saturated carbocycles. The minimum absolute atomic E-state index is 0.0521. The monoisotopic (exact) mass is 314 g/mol. The SMILES string of the molecule is CC(=O)Cc1ccc2c(c1)C(=O)N(C1CCC(=O)NC1=O)C2=O. The first-order chi connectivity index (χ1) is 10.9. The maximum atomic E-state index is 12.5. The zero-order valence-electron chi connectivity index (χ0n) is 12.4. The van der Waals surface area contributed by atoms with Gasteiger partial charge in [0.1, 0.15) is 11.8 Å². The second-order valence-corrected chi connectivity index (χ2v) is 5.71. The molecule has 3 rings (SSSR count). The summed E-state index contributed by atoms with van der Waals surface area (Å²) >= 11 is 0. The highest BCUT2D eigenvalue weighted by Crippen LogP contribution is 2.28. The van der Waals surface area contributed by atoms with Gasteiger partial charge in [-0.25, -0.2) is 0 Å². The Labute approximate surface area is 131 Å². The first kappa shape index (κ1) is 15.1. The predicted molar refractivity (Wildman–Crippen MR) is 77.5 cm³/mol. The maximum Gasteiger partial charge on any atom is 0.262 e. The molecule has 118 valence electrons. The molecule has 4 amide bonds. The molecule has 0 aromatic heterocycles. The fourth-order valence-corrected chi connectivity index (χ4v) is 2.92. The Morgan fingerprint density at radius 2 is 1.87 bits per heavy atom. The highest BCUT2D eigenvalue weighted by molar-refractivity contribution is 6.23. The van der Waals surface area contributed by atoms with Crippen LogP contribution in [0.1, 0.15) is 46.0 Å². The number of rotatable bonds is 3. The molecule has 1 unspecified atom stereocenters. The summed E-state index contributed by atoms with van der Waals surface area (Å²) in [6.45, 7) is 1.44. The number of benzene rings is 1. The number of carbonyl (C=O) groups is 5. The summed E-state index contributed by atoms with van der Waals surface area (Å²) in [5.41, 5.74) is 1.05. The molecular weight excluding hydrogens is 300 g/mol. The van der Waals surface area contributed by atoms with Crippen LogP contribution in [0.2, 0.25) is 0 Å². The van der Waals surface area contributed by atoms with E-state index >= 15 is 0 Å². The van der Waals surface area contributed by atoms with Crippen molar-refractivity contribution in [3.63, 3.8) is 0 Å². The second kappa shape index (κ2) is 5.42. The fraction of sp³-hybridized carbons (Fsp3) is 0.312. The number of carbonyl (C=O) groups excluding carboxylic acids is 5. The first-order valence-corrected chi connectivity index (χ1v) is 7.22. The lowest BCUT2D eigenvalue weighted by molar-refractivity contribution is -0.136. The van der Waals surface area contributed by atoms with E-state index in [1.807, 2.05) is 0 Å². The number of piperidine rings is 1. The topological polar surface area (TPSA) is 101 Å².